The SMILES string of the molecule is COCCCn1cnc2c1CCCC2. The summed E-state index contributed by atoms with van der Waals surface area (Å²) in [4.78, 5) is 4.46. The average Bonchev–Trinajstić information content (AvgIpc) is 2.63. The molecule has 1 aromatic heterocycles. The van der Waals surface area contributed by atoms with Gasteiger partial charge in [0, 0.05) is 26.0 Å². The van der Waals surface area contributed by atoms with Crippen LogP contribution >= 0.6 is 0 Å². The molecule has 1 aliphatic carbocycles. The molecule has 0 fully saturated rings. The molecule has 0 aromatic carbocycles. The van der Waals surface area contributed by atoms with Gasteiger partial charge in [0.1, 0.15) is 0 Å². The zero-order chi connectivity index (χ0) is 9.80. The van der Waals surface area contributed by atoms with Crippen molar-refractivity contribution in [3.63, 3.8) is 0 Å². The Labute approximate surface area is 85.1 Å². The van der Waals surface area contributed by atoms with Gasteiger partial charge in [0.05, 0.1) is 12.0 Å². The highest BCUT2D eigenvalue weighted by Crippen LogP contribution is 2.19. The summed E-state index contributed by atoms with van der Waals surface area (Å²) in [6.07, 6.45) is 8.09. The second kappa shape index (κ2) is 4.60. The molecular formula is C11H18N2O. The van der Waals surface area contributed by atoms with E-state index in [1.54, 1.807) is 7.11 Å². The molecule has 3 heteroatoms. The molecule has 0 saturated carbocycles. The predicted molar refractivity (Wildman–Crippen MR) is 55.4 cm³/mol. The summed E-state index contributed by atoms with van der Waals surface area (Å²) in [6, 6.07) is 0. The molecule has 0 radical (unpaired) electrons. The number of hydrogen-bond acceptors (Lipinski definition) is 2. The third-order valence-electron chi connectivity index (χ3n) is 2.86. The topological polar surface area (TPSA) is 27.1 Å². The van der Waals surface area contributed by atoms with Gasteiger partial charge < -0.3 is 9.30 Å². The molecule has 3 nitrogen and oxygen atoms in total. The number of aryl methyl sites for hydroxylation is 2. The summed E-state index contributed by atoms with van der Waals surface area (Å²) in [6.45, 7) is 1.89. The Morgan fingerprint density at radius 3 is 3.14 bits per heavy atom. The number of imidazole rings is 1. The number of rotatable bonds is 4. The third kappa shape index (κ3) is 1.98. The van der Waals surface area contributed by atoms with Crippen LogP contribution < -0.4 is 0 Å². The Morgan fingerprint density at radius 1 is 1.43 bits per heavy atom. The van der Waals surface area contributed by atoms with Crippen molar-refractivity contribution in [3.05, 3.63) is 17.7 Å². The van der Waals surface area contributed by atoms with Crippen LogP contribution in [0.4, 0.5) is 0 Å². The number of nitrogens with zero attached hydrogens (tertiary/aromatic N) is 2. The van der Waals surface area contributed by atoms with Crippen molar-refractivity contribution in [2.24, 2.45) is 0 Å². The second-order valence-corrected chi connectivity index (χ2v) is 3.88. The molecule has 0 spiro atoms. The molecule has 0 unspecified atom stereocenters. The number of fused-ring (bicyclic) bond motifs is 1. The van der Waals surface area contributed by atoms with Crippen LogP contribution in [0.1, 0.15) is 30.7 Å². The Kier molecular flexibility index (Phi) is 3.19. The molecule has 1 heterocycles. The minimum atomic E-state index is 0.840. The van der Waals surface area contributed by atoms with Gasteiger partial charge in [-0.15, -0.1) is 0 Å². The highest BCUT2D eigenvalue weighted by Gasteiger charge is 2.14. The van der Waals surface area contributed by atoms with Crippen molar-refractivity contribution in [1.29, 1.82) is 0 Å². The van der Waals surface area contributed by atoms with E-state index in [1.165, 1.54) is 37.1 Å². The highest BCUT2D eigenvalue weighted by molar-refractivity contribution is 5.16. The smallest absolute Gasteiger partial charge is 0.0951 e. The number of aromatic nitrogens is 2. The van der Waals surface area contributed by atoms with E-state index in [1.807, 2.05) is 6.33 Å². The fraction of sp³-hybridized carbons (Fsp3) is 0.727. The molecule has 0 aliphatic heterocycles. The molecule has 0 atom stereocenters. The molecular weight excluding hydrogens is 176 g/mol. The van der Waals surface area contributed by atoms with Crippen LogP contribution in [0.15, 0.2) is 6.33 Å². The summed E-state index contributed by atoms with van der Waals surface area (Å²) in [5.74, 6) is 0. The van der Waals surface area contributed by atoms with E-state index in [9.17, 15) is 0 Å². The summed E-state index contributed by atoms with van der Waals surface area (Å²) in [5.41, 5.74) is 2.79. The van der Waals surface area contributed by atoms with Crippen molar-refractivity contribution in [3.8, 4) is 0 Å². The lowest BCUT2D eigenvalue weighted by Crippen LogP contribution is -2.09. The first-order valence-electron chi connectivity index (χ1n) is 5.43. The van der Waals surface area contributed by atoms with E-state index in [2.05, 4.69) is 9.55 Å². The van der Waals surface area contributed by atoms with E-state index in [0.29, 0.717) is 0 Å². The number of ether oxygens (including phenoxy) is 1. The fourth-order valence-corrected chi connectivity index (χ4v) is 2.10. The van der Waals surface area contributed by atoms with Crippen LogP contribution in [-0.2, 0) is 24.1 Å². The molecule has 0 saturated heterocycles. The van der Waals surface area contributed by atoms with Gasteiger partial charge in [0.2, 0.25) is 0 Å². The molecule has 0 amide bonds. The first-order chi connectivity index (χ1) is 6.92. The zero-order valence-electron chi connectivity index (χ0n) is 8.83. The molecule has 78 valence electrons. The van der Waals surface area contributed by atoms with Gasteiger partial charge in [-0.25, -0.2) is 4.98 Å². The monoisotopic (exact) mass is 194 g/mol. The molecule has 1 aromatic rings. The van der Waals surface area contributed by atoms with Crippen LogP contribution in [0, 0.1) is 0 Å². The Balaban J connectivity index is 1.99. The quantitative estimate of drug-likeness (QED) is 0.683. The van der Waals surface area contributed by atoms with Crippen molar-refractivity contribution < 1.29 is 4.74 Å². The molecule has 1 aliphatic rings. The van der Waals surface area contributed by atoms with Crippen molar-refractivity contribution >= 4 is 0 Å². The lowest BCUT2D eigenvalue weighted by molar-refractivity contribution is 0.190. The maximum Gasteiger partial charge on any atom is 0.0951 e. The Morgan fingerprint density at radius 2 is 2.29 bits per heavy atom. The lowest BCUT2D eigenvalue weighted by Gasteiger charge is -2.13. The van der Waals surface area contributed by atoms with E-state index in [0.717, 1.165) is 19.6 Å². The van der Waals surface area contributed by atoms with Gasteiger partial charge >= 0.3 is 0 Å². The first kappa shape index (κ1) is 9.71. The number of hydrogen-bond donors (Lipinski definition) is 0. The van der Waals surface area contributed by atoms with Gasteiger partial charge in [-0.3, -0.25) is 0 Å². The molecule has 14 heavy (non-hydrogen) atoms. The van der Waals surface area contributed by atoms with Crippen LogP contribution in [0.25, 0.3) is 0 Å². The minimum absolute atomic E-state index is 0.840. The van der Waals surface area contributed by atoms with Gasteiger partial charge in [0.25, 0.3) is 0 Å². The fourth-order valence-electron chi connectivity index (χ4n) is 2.10. The maximum absolute atomic E-state index is 5.05. The third-order valence-corrected chi connectivity index (χ3v) is 2.86. The van der Waals surface area contributed by atoms with E-state index >= 15 is 0 Å². The van der Waals surface area contributed by atoms with Crippen LogP contribution in [0.2, 0.25) is 0 Å². The highest BCUT2D eigenvalue weighted by atomic mass is 16.5. The lowest BCUT2D eigenvalue weighted by atomic mass is 10.0. The summed E-state index contributed by atoms with van der Waals surface area (Å²) in [5, 5.41) is 0. The van der Waals surface area contributed by atoms with E-state index in [4.69, 9.17) is 4.74 Å². The Hall–Kier alpha value is -0.830. The van der Waals surface area contributed by atoms with Gasteiger partial charge in [0.15, 0.2) is 0 Å². The van der Waals surface area contributed by atoms with E-state index < -0.39 is 0 Å². The zero-order valence-corrected chi connectivity index (χ0v) is 8.83. The average molecular weight is 194 g/mol. The van der Waals surface area contributed by atoms with E-state index in [-0.39, 0.29) is 0 Å². The van der Waals surface area contributed by atoms with Crippen molar-refractivity contribution in [1.82, 2.24) is 9.55 Å². The molecule has 0 bridgehead atoms. The largest absolute Gasteiger partial charge is 0.385 e. The summed E-state index contributed by atoms with van der Waals surface area (Å²) in [7, 11) is 1.75. The predicted octanol–water partition coefficient (Wildman–Crippen LogP) is 1.80. The van der Waals surface area contributed by atoms with Gasteiger partial charge in [-0.1, -0.05) is 0 Å². The normalized spacial score (nSPS) is 15.5. The Bertz CT molecular complexity index is 293. The minimum Gasteiger partial charge on any atom is -0.385 e. The van der Waals surface area contributed by atoms with Crippen molar-refractivity contribution in [2.75, 3.05) is 13.7 Å². The van der Waals surface area contributed by atoms with Gasteiger partial charge in [-0.2, -0.15) is 0 Å². The summed E-state index contributed by atoms with van der Waals surface area (Å²) >= 11 is 0. The van der Waals surface area contributed by atoms with Gasteiger partial charge in [-0.05, 0) is 32.1 Å². The summed E-state index contributed by atoms with van der Waals surface area (Å²) < 4.78 is 7.35. The van der Waals surface area contributed by atoms with Crippen LogP contribution in [0.3, 0.4) is 0 Å². The molecule has 2 rings (SSSR count). The van der Waals surface area contributed by atoms with Crippen LogP contribution in [-0.4, -0.2) is 23.3 Å². The standard InChI is InChI=1S/C11H18N2O/c1-14-8-4-7-13-9-12-10-5-2-3-6-11(10)13/h9H,2-8H2,1H3. The molecule has 0 N–H and O–H groups in total. The number of methoxy groups -OCH3 is 1. The first-order valence-corrected chi connectivity index (χ1v) is 5.43. The van der Waals surface area contributed by atoms with Crippen LogP contribution in [0.5, 0.6) is 0 Å². The maximum atomic E-state index is 5.05. The van der Waals surface area contributed by atoms with Crippen molar-refractivity contribution in [2.45, 2.75) is 38.6 Å². The second-order valence-electron chi connectivity index (χ2n) is 3.88.